The summed E-state index contributed by atoms with van der Waals surface area (Å²) in [5.41, 5.74) is 1.32. The van der Waals surface area contributed by atoms with Gasteiger partial charge in [-0.15, -0.1) is 0 Å². The molecule has 1 heterocycles. The fraction of sp³-hybridized carbons (Fsp3) is 0.684. The number of hydrogen-bond donors (Lipinski definition) is 0. The molecule has 1 fully saturated rings. The monoisotopic (exact) mass is 368 g/mol. The molecule has 0 radical (unpaired) electrons. The third kappa shape index (κ3) is 5.97. The molecule has 0 aromatic heterocycles. The summed E-state index contributed by atoms with van der Waals surface area (Å²) in [5.74, 6) is 1.47. The molecule has 2 rings (SSSR count). The van der Waals surface area contributed by atoms with Gasteiger partial charge in [-0.25, -0.2) is 12.7 Å². The first-order valence-corrected chi connectivity index (χ1v) is 11.0. The molecule has 6 heteroatoms. The summed E-state index contributed by atoms with van der Waals surface area (Å²) in [6, 6.07) is 8.76. The molecule has 1 atom stereocenters. The van der Waals surface area contributed by atoms with Crippen LogP contribution in [0.1, 0.15) is 32.3 Å². The van der Waals surface area contributed by atoms with Gasteiger partial charge in [-0.05, 0) is 56.3 Å². The van der Waals surface area contributed by atoms with E-state index in [9.17, 15) is 8.42 Å². The van der Waals surface area contributed by atoms with Crippen molar-refractivity contribution in [3.05, 3.63) is 29.8 Å². The lowest BCUT2D eigenvalue weighted by Gasteiger charge is -2.36. The van der Waals surface area contributed by atoms with Crippen molar-refractivity contribution >= 4 is 10.0 Å². The van der Waals surface area contributed by atoms with Gasteiger partial charge in [0.25, 0.3) is 0 Å². The second-order valence-electron chi connectivity index (χ2n) is 7.09. The molecule has 25 heavy (non-hydrogen) atoms. The molecule has 1 aliphatic heterocycles. The minimum atomic E-state index is -3.04. The van der Waals surface area contributed by atoms with Crippen LogP contribution < -0.4 is 4.74 Å². The summed E-state index contributed by atoms with van der Waals surface area (Å²) < 4.78 is 30.1. The Labute approximate surface area is 153 Å². The van der Waals surface area contributed by atoms with Gasteiger partial charge >= 0.3 is 0 Å². The van der Waals surface area contributed by atoms with Crippen molar-refractivity contribution < 1.29 is 13.2 Å². The van der Waals surface area contributed by atoms with Crippen LogP contribution in [0.5, 0.6) is 5.75 Å². The first-order valence-electron chi connectivity index (χ1n) is 9.15. The van der Waals surface area contributed by atoms with Gasteiger partial charge in [0.2, 0.25) is 10.0 Å². The van der Waals surface area contributed by atoms with Gasteiger partial charge in [0.05, 0.1) is 13.4 Å². The van der Waals surface area contributed by atoms with Gasteiger partial charge in [-0.3, -0.25) is 0 Å². The van der Waals surface area contributed by atoms with E-state index in [-0.39, 0.29) is 0 Å². The minimum Gasteiger partial charge on any atom is -0.497 e. The molecule has 0 bridgehead atoms. The van der Waals surface area contributed by atoms with Crippen molar-refractivity contribution in [1.82, 2.24) is 9.21 Å². The molecule has 0 spiro atoms. The normalized spacial score (nSPS) is 18.4. The maximum atomic E-state index is 11.6. The lowest BCUT2D eigenvalue weighted by atomic mass is 9.96. The molecule has 1 unspecified atom stereocenters. The molecule has 0 N–H and O–H groups in total. The number of sulfonamides is 1. The second-order valence-corrected chi connectivity index (χ2v) is 9.08. The number of rotatable bonds is 8. The van der Waals surface area contributed by atoms with Crippen LogP contribution in [0.15, 0.2) is 24.3 Å². The molecular weight excluding hydrogens is 336 g/mol. The summed E-state index contributed by atoms with van der Waals surface area (Å²) in [6.07, 6.45) is 4.24. The number of piperidine rings is 1. The van der Waals surface area contributed by atoms with Gasteiger partial charge in [0.1, 0.15) is 5.75 Å². The molecule has 0 amide bonds. The predicted molar refractivity (Wildman–Crippen MR) is 103 cm³/mol. The van der Waals surface area contributed by atoms with Crippen molar-refractivity contribution in [3.63, 3.8) is 0 Å². The lowest BCUT2D eigenvalue weighted by Crippen LogP contribution is -2.43. The molecule has 0 saturated carbocycles. The van der Waals surface area contributed by atoms with E-state index in [0.29, 0.717) is 25.0 Å². The summed E-state index contributed by atoms with van der Waals surface area (Å²) in [5, 5.41) is 0. The third-order valence-corrected chi connectivity index (χ3v) is 6.56. The van der Waals surface area contributed by atoms with Crippen molar-refractivity contribution in [1.29, 1.82) is 0 Å². The summed E-state index contributed by atoms with van der Waals surface area (Å²) in [7, 11) is -1.35. The van der Waals surface area contributed by atoms with Crippen LogP contribution in [0.3, 0.4) is 0 Å². The van der Waals surface area contributed by atoms with E-state index in [4.69, 9.17) is 4.74 Å². The molecule has 1 aromatic rings. The van der Waals surface area contributed by atoms with Crippen molar-refractivity contribution in [2.75, 3.05) is 39.5 Å². The molecule has 1 aromatic carbocycles. The smallest absolute Gasteiger partial charge is 0.211 e. The Hall–Kier alpha value is -1.11. The highest BCUT2D eigenvalue weighted by Crippen LogP contribution is 2.22. The van der Waals surface area contributed by atoms with Gasteiger partial charge < -0.3 is 9.64 Å². The number of nitrogens with zero attached hydrogens (tertiary/aromatic N) is 2. The van der Waals surface area contributed by atoms with Crippen LogP contribution in [0, 0.1) is 5.92 Å². The highest BCUT2D eigenvalue weighted by Gasteiger charge is 2.26. The number of ether oxygens (including phenoxy) is 1. The second kappa shape index (κ2) is 9.01. The van der Waals surface area contributed by atoms with E-state index < -0.39 is 10.0 Å². The Balaban J connectivity index is 1.86. The molecule has 1 aliphatic rings. The largest absolute Gasteiger partial charge is 0.497 e. The van der Waals surface area contributed by atoms with E-state index in [1.54, 1.807) is 11.4 Å². The Kier molecular flexibility index (Phi) is 7.28. The standard InChI is InChI=1S/C19H32N2O3S/c1-5-20(15-18-10-12-21(13-11-18)25(4,22)23)16(2)14-17-6-8-19(24-3)9-7-17/h6-9,16,18H,5,10-15H2,1-4H3. The quantitative estimate of drug-likeness (QED) is 0.708. The van der Waals surface area contributed by atoms with Crippen LogP contribution >= 0.6 is 0 Å². The first kappa shape index (κ1) is 20.2. The Morgan fingerprint density at radius 1 is 1.24 bits per heavy atom. The highest BCUT2D eigenvalue weighted by molar-refractivity contribution is 7.88. The number of hydrogen-bond acceptors (Lipinski definition) is 4. The fourth-order valence-electron chi connectivity index (χ4n) is 3.61. The number of likely N-dealkylation sites (N-methyl/N-ethyl adjacent to an activating group) is 1. The molecule has 5 nitrogen and oxygen atoms in total. The summed E-state index contributed by atoms with van der Waals surface area (Å²) >= 11 is 0. The van der Waals surface area contributed by atoms with Crippen LogP contribution in [0.25, 0.3) is 0 Å². The lowest BCUT2D eigenvalue weighted by molar-refractivity contribution is 0.152. The van der Waals surface area contributed by atoms with E-state index in [2.05, 4.69) is 30.9 Å². The Bertz CT molecular complexity index is 623. The molecular formula is C19H32N2O3S. The van der Waals surface area contributed by atoms with Gasteiger partial charge in [0, 0.05) is 25.7 Å². The first-order chi connectivity index (χ1) is 11.8. The zero-order chi connectivity index (χ0) is 18.4. The summed E-state index contributed by atoms with van der Waals surface area (Å²) in [4.78, 5) is 2.52. The van der Waals surface area contributed by atoms with Gasteiger partial charge in [-0.2, -0.15) is 0 Å². The number of methoxy groups -OCH3 is 1. The van der Waals surface area contributed by atoms with Gasteiger partial charge in [-0.1, -0.05) is 19.1 Å². The minimum absolute atomic E-state index is 0.464. The third-order valence-electron chi connectivity index (χ3n) is 5.25. The van der Waals surface area contributed by atoms with Crippen molar-refractivity contribution in [2.45, 2.75) is 39.2 Å². The maximum absolute atomic E-state index is 11.6. The van der Waals surface area contributed by atoms with E-state index in [1.165, 1.54) is 11.8 Å². The Morgan fingerprint density at radius 3 is 2.32 bits per heavy atom. The van der Waals surface area contributed by atoms with Gasteiger partial charge in [0.15, 0.2) is 0 Å². The topological polar surface area (TPSA) is 49.9 Å². The SMILES string of the molecule is CCN(CC1CCN(S(C)(=O)=O)CC1)C(C)Cc1ccc(OC)cc1. The number of benzene rings is 1. The van der Waals surface area contributed by atoms with Crippen LogP contribution in [-0.2, 0) is 16.4 Å². The molecule has 0 aliphatic carbocycles. The molecule has 1 saturated heterocycles. The van der Waals surface area contributed by atoms with Crippen LogP contribution in [0.2, 0.25) is 0 Å². The average Bonchev–Trinajstić information content (AvgIpc) is 2.60. The van der Waals surface area contributed by atoms with Crippen molar-refractivity contribution in [2.24, 2.45) is 5.92 Å². The summed E-state index contributed by atoms with van der Waals surface area (Å²) in [6.45, 7) is 7.87. The van der Waals surface area contributed by atoms with E-state index in [1.807, 2.05) is 12.1 Å². The van der Waals surface area contributed by atoms with E-state index >= 15 is 0 Å². The highest BCUT2D eigenvalue weighted by atomic mass is 32.2. The maximum Gasteiger partial charge on any atom is 0.211 e. The van der Waals surface area contributed by atoms with Crippen LogP contribution in [-0.4, -0.2) is 63.2 Å². The van der Waals surface area contributed by atoms with E-state index in [0.717, 1.165) is 38.1 Å². The zero-order valence-corrected chi connectivity index (χ0v) is 16.8. The molecule has 142 valence electrons. The Morgan fingerprint density at radius 2 is 1.84 bits per heavy atom. The fourth-order valence-corrected chi connectivity index (χ4v) is 4.48. The van der Waals surface area contributed by atoms with Crippen LogP contribution in [0.4, 0.5) is 0 Å². The predicted octanol–water partition coefficient (Wildman–Crippen LogP) is 2.62. The van der Waals surface area contributed by atoms with Crippen molar-refractivity contribution in [3.8, 4) is 5.75 Å². The zero-order valence-electron chi connectivity index (χ0n) is 15.9. The average molecular weight is 369 g/mol.